The Morgan fingerprint density at radius 2 is 2.00 bits per heavy atom. The number of allylic oxidation sites excluding steroid dienone is 1. The van der Waals surface area contributed by atoms with Crippen LogP contribution in [0.4, 0.5) is 4.79 Å². The molecule has 1 aliphatic rings. The number of nitrogens with one attached hydrogen (secondary N) is 2. The number of carbonyl (C=O) groups excluding carboxylic acids is 2. The van der Waals surface area contributed by atoms with Gasteiger partial charge in [0, 0.05) is 0 Å². The van der Waals surface area contributed by atoms with Crippen LogP contribution in [0.15, 0.2) is 36.9 Å². The van der Waals surface area contributed by atoms with E-state index in [2.05, 4.69) is 11.9 Å². The van der Waals surface area contributed by atoms with Crippen molar-refractivity contribution in [3.8, 4) is 5.75 Å². The number of amides is 3. The lowest BCUT2D eigenvalue weighted by Crippen LogP contribution is -2.32. The zero-order chi connectivity index (χ0) is 16.2. The number of carbonyl (C=O) groups is 2. The number of urea groups is 1. The van der Waals surface area contributed by atoms with Crippen LogP contribution in [-0.4, -0.2) is 32.2 Å². The maximum Gasteiger partial charge on any atom is 0.322 e. The van der Waals surface area contributed by atoms with Crippen molar-refractivity contribution in [2.45, 2.75) is 18.9 Å². The van der Waals surface area contributed by atoms with Gasteiger partial charge in [0.25, 0.3) is 5.91 Å². The predicted molar refractivity (Wildman–Crippen MR) is 79.8 cm³/mol. The van der Waals surface area contributed by atoms with Crippen LogP contribution in [0.1, 0.15) is 12.0 Å². The van der Waals surface area contributed by atoms with E-state index >= 15 is 0 Å². The molecule has 1 saturated heterocycles. The van der Waals surface area contributed by atoms with Gasteiger partial charge in [-0.05, 0) is 24.5 Å². The van der Waals surface area contributed by atoms with Gasteiger partial charge in [0.15, 0.2) is 0 Å². The Kier molecular flexibility index (Phi) is 4.81. The van der Waals surface area contributed by atoms with Crippen LogP contribution in [-0.2, 0) is 21.3 Å². The van der Waals surface area contributed by atoms with Crippen LogP contribution >= 0.6 is 0 Å². The summed E-state index contributed by atoms with van der Waals surface area (Å²) in [4.78, 5) is 22.3. The lowest BCUT2D eigenvalue weighted by molar-refractivity contribution is -0.120. The van der Waals surface area contributed by atoms with Gasteiger partial charge in [-0.25, -0.2) is 4.79 Å². The van der Waals surface area contributed by atoms with Crippen LogP contribution < -0.4 is 14.8 Å². The first-order chi connectivity index (χ1) is 10.4. The fourth-order valence-corrected chi connectivity index (χ4v) is 3.06. The Morgan fingerprint density at radius 3 is 2.64 bits per heavy atom. The lowest BCUT2D eigenvalue weighted by Gasteiger charge is -2.11. The second kappa shape index (κ2) is 6.61. The topological polar surface area (TPSA) is 102 Å². The number of rotatable bonds is 7. The monoisotopic (exact) mass is 324 g/mol. The molecule has 8 heteroatoms. The molecule has 0 saturated carbocycles. The minimum atomic E-state index is -3.87. The molecule has 1 atom stereocenters. The van der Waals surface area contributed by atoms with Crippen molar-refractivity contribution in [1.29, 1.82) is 0 Å². The highest BCUT2D eigenvalue weighted by Crippen LogP contribution is 2.21. The number of benzene rings is 1. The largest absolute Gasteiger partial charge is 0.382 e. The third-order valence-corrected chi connectivity index (χ3v) is 4.24. The minimum absolute atomic E-state index is 0.0521. The summed E-state index contributed by atoms with van der Waals surface area (Å²) in [5, 5.41) is 4.38. The summed E-state index contributed by atoms with van der Waals surface area (Å²) in [6.45, 7) is 3.61. The van der Waals surface area contributed by atoms with Gasteiger partial charge in [-0.15, -0.1) is 6.58 Å². The number of para-hydroxylation sites is 1. The zero-order valence-electron chi connectivity index (χ0n) is 11.7. The van der Waals surface area contributed by atoms with Crippen molar-refractivity contribution in [3.63, 3.8) is 0 Å². The van der Waals surface area contributed by atoms with E-state index in [0.29, 0.717) is 12.0 Å². The fourth-order valence-electron chi connectivity index (χ4n) is 2.01. The van der Waals surface area contributed by atoms with Crippen LogP contribution in [0.2, 0.25) is 0 Å². The molecule has 0 aromatic heterocycles. The number of hydrogen-bond donors (Lipinski definition) is 2. The minimum Gasteiger partial charge on any atom is -0.382 e. The summed E-state index contributed by atoms with van der Waals surface area (Å²) in [7, 11) is -3.87. The first kappa shape index (κ1) is 16.0. The van der Waals surface area contributed by atoms with Crippen LogP contribution in [0, 0.1) is 0 Å². The fraction of sp³-hybridized carbons (Fsp3) is 0.286. The molecule has 118 valence electrons. The highest BCUT2D eigenvalue weighted by Gasteiger charge is 2.31. The molecule has 7 nitrogen and oxygen atoms in total. The molecule has 1 aliphatic heterocycles. The first-order valence-corrected chi connectivity index (χ1v) is 8.21. The smallest absolute Gasteiger partial charge is 0.322 e. The van der Waals surface area contributed by atoms with Crippen LogP contribution in [0.5, 0.6) is 5.75 Å². The van der Waals surface area contributed by atoms with E-state index in [1.165, 1.54) is 0 Å². The van der Waals surface area contributed by atoms with Gasteiger partial charge in [0.05, 0.1) is 5.75 Å². The number of hydrogen-bond acceptors (Lipinski definition) is 5. The van der Waals surface area contributed by atoms with E-state index in [1.54, 1.807) is 30.3 Å². The van der Waals surface area contributed by atoms with E-state index in [0.717, 1.165) is 0 Å². The average Bonchev–Trinajstić information content (AvgIpc) is 2.77. The van der Waals surface area contributed by atoms with Gasteiger partial charge >= 0.3 is 16.1 Å². The van der Waals surface area contributed by atoms with E-state index in [-0.39, 0.29) is 17.9 Å². The zero-order valence-corrected chi connectivity index (χ0v) is 12.6. The molecule has 0 spiro atoms. The van der Waals surface area contributed by atoms with Gasteiger partial charge < -0.3 is 9.50 Å². The molecule has 22 heavy (non-hydrogen) atoms. The first-order valence-electron chi connectivity index (χ1n) is 6.63. The van der Waals surface area contributed by atoms with Crippen LogP contribution in [0.3, 0.4) is 0 Å². The molecule has 1 unspecified atom stereocenters. The Bertz CT molecular complexity index is 699. The molecular weight excluding hydrogens is 308 g/mol. The highest BCUT2D eigenvalue weighted by molar-refractivity contribution is 7.87. The van der Waals surface area contributed by atoms with E-state index in [1.807, 2.05) is 5.32 Å². The molecule has 0 aliphatic carbocycles. The Balaban J connectivity index is 2.01. The molecule has 3 amide bonds. The van der Waals surface area contributed by atoms with Crippen molar-refractivity contribution in [3.05, 3.63) is 42.5 Å². The SMILES string of the molecule is C=CCc1ccccc1OS(=O)(=O)CCC1NC(=O)NC1=O. The molecular formula is C14H16N2O5S. The van der Waals surface area contributed by atoms with Crippen molar-refractivity contribution in [2.24, 2.45) is 0 Å². The maximum absolute atomic E-state index is 12.0. The standard InChI is InChI=1S/C14H16N2O5S/c1-2-5-10-6-3-4-7-12(10)21-22(19,20)9-8-11-13(17)16-14(18)15-11/h2-4,6-7,11H,1,5,8-9H2,(H2,15,16,17,18). The second-order valence-electron chi connectivity index (χ2n) is 4.75. The molecule has 2 rings (SSSR count). The summed E-state index contributed by atoms with van der Waals surface area (Å²) in [5.41, 5.74) is 0.702. The summed E-state index contributed by atoms with van der Waals surface area (Å²) < 4.78 is 29.1. The third kappa shape index (κ3) is 4.08. The molecule has 1 fully saturated rings. The molecule has 1 aromatic rings. The van der Waals surface area contributed by atoms with Crippen molar-refractivity contribution in [2.75, 3.05) is 5.75 Å². The molecule has 1 heterocycles. The van der Waals surface area contributed by atoms with Gasteiger partial charge in [-0.1, -0.05) is 24.3 Å². The average molecular weight is 324 g/mol. The summed E-state index contributed by atoms with van der Waals surface area (Å²) in [5.74, 6) is -0.678. The highest BCUT2D eigenvalue weighted by atomic mass is 32.2. The lowest BCUT2D eigenvalue weighted by atomic mass is 10.1. The predicted octanol–water partition coefficient (Wildman–Crippen LogP) is 0.722. The van der Waals surface area contributed by atoms with Crippen molar-refractivity contribution in [1.82, 2.24) is 10.6 Å². The normalized spacial score (nSPS) is 17.7. The Morgan fingerprint density at radius 1 is 1.27 bits per heavy atom. The Hall–Kier alpha value is -2.35. The van der Waals surface area contributed by atoms with E-state index in [9.17, 15) is 18.0 Å². The second-order valence-corrected chi connectivity index (χ2v) is 6.44. The van der Waals surface area contributed by atoms with Gasteiger partial charge in [0.2, 0.25) is 0 Å². The molecule has 2 N–H and O–H groups in total. The maximum atomic E-state index is 12.0. The van der Waals surface area contributed by atoms with Crippen molar-refractivity contribution < 1.29 is 22.2 Å². The molecule has 0 bridgehead atoms. The van der Waals surface area contributed by atoms with Crippen LogP contribution in [0.25, 0.3) is 0 Å². The van der Waals surface area contributed by atoms with Gasteiger partial charge in [-0.2, -0.15) is 8.42 Å². The molecule has 1 aromatic carbocycles. The van der Waals surface area contributed by atoms with E-state index < -0.39 is 28.1 Å². The summed E-state index contributed by atoms with van der Waals surface area (Å²) >= 11 is 0. The molecule has 0 radical (unpaired) electrons. The quantitative estimate of drug-likeness (QED) is 0.437. The summed E-state index contributed by atoms with van der Waals surface area (Å²) in [6.07, 6.45) is 2.07. The number of imide groups is 1. The van der Waals surface area contributed by atoms with Crippen molar-refractivity contribution >= 4 is 22.1 Å². The van der Waals surface area contributed by atoms with Gasteiger partial charge in [-0.3, -0.25) is 10.1 Å². The summed E-state index contributed by atoms with van der Waals surface area (Å²) in [6, 6.07) is 5.27. The van der Waals surface area contributed by atoms with E-state index in [4.69, 9.17) is 4.18 Å². The van der Waals surface area contributed by atoms with Gasteiger partial charge in [0.1, 0.15) is 11.8 Å². The Labute approximate surface area is 128 Å². The third-order valence-electron chi connectivity index (χ3n) is 3.07.